The monoisotopic (exact) mass is 747 g/mol. The number of ketones is 1. The number of ether oxygens (including phenoxy) is 2. The highest BCUT2D eigenvalue weighted by molar-refractivity contribution is 7.99. The number of nitrogens with zero attached hydrogens (tertiary/aromatic N) is 5. The fourth-order valence-electron chi connectivity index (χ4n) is 3.48. The number of methoxy groups -OCH3 is 2. The highest BCUT2D eigenvalue weighted by Crippen LogP contribution is 2.30. The Balaban J connectivity index is 0.000000279. The molecule has 0 aliphatic heterocycles. The molecule has 0 spiro atoms. The lowest BCUT2D eigenvalue weighted by molar-refractivity contribution is -0.0756. The van der Waals surface area contributed by atoms with Gasteiger partial charge in [-0.2, -0.15) is 0 Å². The number of amides is 1. The molecule has 4 N–H and O–H groups in total. The van der Waals surface area contributed by atoms with Crippen molar-refractivity contribution in [1.29, 1.82) is 0 Å². The Kier molecular flexibility index (Phi) is 16.0. The van der Waals surface area contributed by atoms with E-state index in [1.807, 2.05) is 13.8 Å². The lowest BCUT2D eigenvalue weighted by Crippen LogP contribution is -2.26. The second-order valence-electron chi connectivity index (χ2n) is 9.05. The summed E-state index contributed by atoms with van der Waals surface area (Å²) in [6.45, 7) is 3.87. The molecule has 270 valence electrons. The van der Waals surface area contributed by atoms with Crippen molar-refractivity contribution in [2.24, 2.45) is 0 Å². The van der Waals surface area contributed by atoms with Gasteiger partial charge >= 0.3 is 0 Å². The van der Waals surface area contributed by atoms with Crippen LogP contribution in [-0.2, 0) is 4.84 Å². The first-order valence-electron chi connectivity index (χ1n) is 13.9. The number of rotatable bonds is 10. The number of halogens is 6. The molecule has 0 saturated carbocycles. The van der Waals surface area contributed by atoms with Gasteiger partial charge in [0, 0.05) is 37.6 Å². The Bertz CT molecular complexity index is 1800. The Morgan fingerprint density at radius 3 is 1.64 bits per heavy atom. The van der Waals surface area contributed by atoms with Crippen LogP contribution in [0.1, 0.15) is 40.1 Å². The molecule has 2 aromatic carbocycles. The number of aromatic nitrogens is 4. The maximum atomic E-state index is 14.0. The third kappa shape index (κ3) is 10.6. The Morgan fingerprint density at radius 2 is 1.22 bits per heavy atom. The zero-order valence-corrected chi connectivity index (χ0v) is 29.0. The van der Waals surface area contributed by atoms with Crippen molar-refractivity contribution in [2.45, 2.75) is 24.2 Å². The van der Waals surface area contributed by atoms with Crippen LogP contribution in [0.3, 0.4) is 0 Å². The third-order valence-corrected chi connectivity index (χ3v) is 7.43. The van der Waals surface area contributed by atoms with E-state index >= 15 is 0 Å². The van der Waals surface area contributed by atoms with Gasteiger partial charge < -0.3 is 20.9 Å². The summed E-state index contributed by atoms with van der Waals surface area (Å²) in [5.41, 5.74) is 10.6. The SMILES string of the molecule is CCSc1ncc(C(=O)N(C)OC)c(N)n1.CCSc1ncc(C(=O)c2c(OC)cc(F)c(F)c2F)c(N)n1.COc1cc(F)c(F)c(F)c1. The molecule has 12 nitrogen and oxygen atoms in total. The van der Waals surface area contributed by atoms with Gasteiger partial charge in [0.15, 0.2) is 45.2 Å². The number of carbonyl (C=O) groups excluding carboxylic acids is 2. The quantitative estimate of drug-likeness (QED) is 0.0503. The second kappa shape index (κ2) is 19.4. The molecule has 0 bridgehead atoms. The van der Waals surface area contributed by atoms with Gasteiger partial charge in [0.05, 0.1) is 26.9 Å². The van der Waals surface area contributed by atoms with Gasteiger partial charge in [0.2, 0.25) is 5.78 Å². The molecule has 1 amide bonds. The molecule has 0 unspecified atom stereocenters. The number of anilines is 2. The number of hydrogen-bond donors (Lipinski definition) is 2. The average molecular weight is 748 g/mol. The molecule has 0 saturated heterocycles. The molecule has 4 rings (SSSR count). The smallest absolute Gasteiger partial charge is 0.282 e. The van der Waals surface area contributed by atoms with E-state index in [0.717, 1.165) is 36.3 Å². The molecule has 0 aliphatic rings. The van der Waals surface area contributed by atoms with Gasteiger partial charge in [-0.25, -0.2) is 51.3 Å². The van der Waals surface area contributed by atoms with Crippen molar-refractivity contribution >= 4 is 46.8 Å². The highest BCUT2D eigenvalue weighted by atomic mass is 32.2. The first-order valence-corrected chi connectivity index (χ1v) is 15.9. The summed E-state index contributed by atoms with van der Waals surface area (Å²) in [6, 6.07) is 2.14. The summed E-state index contributed by atoms with van der Waals surface area (Å²) in [4.78, 5) is 44.8. The van der Waals surface area contributed by atoms with E-state index in [1.54, 1.807) is 0 Å². The molecular formula is C30H31F6N7O5S2. The lowest BCUT2D eigenvalue weighted by atomic mass is 10.0. The molecule has 0 radical (unpaired) electrons. The van der Waals surface area contributed by atoms with E-state index in [-0.39, 0.29) is 34.4 Å². The van der Waals surface area contributed by atoms with Crippen LogP contribution in [0, 0.1) is 34.9 Å². The van der Waals surface area contributed by atoms with Gasteiger partial charge in [-0.3, -0.25) is 14.4 Å². The van der Waals surface area contributed by atoms with E-state index in [9.17, 15) is 35.9 Å². The van der Waals surface area contributed by atoms with Crippen LogP contribution in [0.4, 0.5) is 38.0 Å². The van der Waals surface area contributed by atoms with Crippen LogP contribution in [0.15, 0.2) is 40.9 Å². The van der Waals surface area contributed by atoms with E-state index in [4.69, 9.17) is 21.0 Å². The van der Waals surface area contributed by atoms with Crippen LogP contribution >= 0.6 is 23.5 Å². The summed E-state index contributed by atoms with van der Waals surface area (Å²) >= 11 is 2.76. The second-order valence-corrected chi connectivity index (χ2v) is 11.5. The Labute approximate surface area is 290 Å². The fourth-order valence-corrected chi connectivity index (χ4v) is 4.57. The summed E-state index contributed by atoms with van der Waals surface area (Å²) in [5.74, 6) is -9.19. The Hall–Kier alpha value is -4.82. The van der Waals surface area contributed by atoms with Crippen LogP contribution in [-0.4, -0.2) is 76.6 Å². The van der Waals surface area contributed by atoms with Crippen LogP contribution in [0.5, 0.6) is 11.5 Å². The normalized spacial score (nSPS) is 10.3. The summed E-state index contributed by atoms with van der Waals surface area (Å²) in [6.07, 6.45) is 2.53. The molecule has 20 heteroatoms. The third-order valence-electron chi connectivity index (χ3n) is 5.94. The van der Waals surface area contributed by atoms with Gasteiger partial charge in [-0.15, -0.1) is 0 Å². The minimum atomic E-state index is -1.77. The lowest BCUT2D eigenvalue weighted by Gasteiger charge is -2.14. The largest absolute Gasteiger partial charge is 0.497 e. The van der Waals surface area contributed by atoms with Gasteiger partial charge in [-0.05, 0) is 11.5 Å². The van der Waals surface area contributed by atoms with Gasteiger partial charge in [0.1, 0.15) is 34.3 Å². The molecule has 50 heavy (non-hydrogen) atoms. The molecule has 4 aromatic rings. The maximum Gasteiger partial charge on any atom is 0.282 e. The van der Waals surface area contributed by atoms with Crippen molar-refractivity contribution in [3.8, 4) is 11.5 Å². The number of hydrogen-bond acceptors (Lipinski definition) is 13. The van der Waals surface area contributed by atoms with Crippen molar-refractivity contribution in [3.05, 3.63) is 82.2 Å². The number of hydroxylamine groups is 2. The number of nitrogen functional groups attached to an aromatic ring is 2. The predicted octanol–water partition coefficient (Wildman–Crippen LogP) is 5.74. The predicted molar refractivity (Wildman–Crippen MR) is 174 cm³/mol. The zero-order valence-electron chi connectivity index (χ0n) is 27.3. The summed E-state index contributed by atoms with van der Waals surface area (Å²) in [5, 5.41) is 1.98. The van der Waals surface area contributed by atoms with Crippen molar-refractivity contribution in [1.82, 2.24) is 25.0 Å². The van der Waals surface area contributed by atoms with Gasteiger partial charge in [0.25, 0.3) is 5.91 Å². The minimum Gasteiger partial charge on any atom is -0.497 e. The first-order chi connectivity index (χ1) is 23.6. The minimum absolute atomic E-state index is 0.0404. The van der Waals surface area contributed by atoms with E-state index in [2.05, 4.69) is 24.7 Å². The molecule has 2 aromatic heterocycles. The zero-order chi connectivity index (χ0) is 37.7. The maximum absolute atomic E-state index is 14.0. The van der Waals surface area contributed by atoms with Crippen LogP contribution in [0.2, 0.25) is 0 Å². The van der Waals surface area contributed by atoms with Crippen LogP contribution < -0.4 is 20.9 Å². The summed E-state index contributed by atoms with van der Waals surface area (Å²) < 4.78 is 86.8. The fraction of sp³-hybridized carbons (Fsp3) is 0.267. The van der Waals surface area contributed by atoms with Gasteiger partial charge in [-0.1, -0.05) is 37.4 Å². The molecule has 0 aliphatic carbocycles. The molecule has 2 heterocycles. The van der Waals surface area contributed by atoms with E-state index < -0.39 is 52.0 Å². The van der Waals surface area contributed by atoms with Crippen molar-refractivity contribution < 1.29 is 50.2 Å². The molecule has 0 fully saturated rings. The van der Waals surface area contributed by atoms with E-state index in [0.29, 0.717) is 22.1 Å². The average Bonchev–Trinajstić information content (AvgIpc) is 3.09. The van der Waals surface area contributed by atoms with Crippen LogP contribution in [0.25, 0.3) is 0 Å². The molecular weight excluding hydrogens is 716 g/mol. The number of nitrogens with two attached hydrogens (primary N) is 2. The number of benzene rings is 2. The van der Waals surface area contributed by atoms with Crippen molar-refractivity contribution in [3.63, 3.8) is 0 Å². The molecule has 0 atom stereocenters. The summed E-state index contributed by atoms with van der Waals surface area (Å²) in [7, 11) is 5.24. The Morgan fingerprint density at radius 1 is 0.740 bits per heavy atom. The highest BCUT2D eigenvalue weighted by Gasteiger charge is 2.27. The van der Waals surface area contributed by atoms with E-state index in [1.165, 1.54) is 51.0 Å². The van der Waals surface area contributed by atoms with Crippen molar-refractivity contribution in [2.75, 3.05) is 51.4 Å². The number of carbonyl (C=O) groups is 2. The first kappa shape index (κ1) is 41.4. The standard InChI is InChI=1S/C14H12F3N3O2S.C9H14N4O2S.C7H5F3O/c1-3-23-14-19-5-6(13(18)20-14)12(21)9-8(22-2)4-7(15)10(16)11(9)17;1-4-16-9-11-5-6(7(10)12-9)8(14)13(2)15-3;1-11-4-2-5(8)7(10)6(9)3-4/h4-5H,3H2,1-2H3,(H2,18,19,20);5H,4H2,1-3H3,(H2,10,11,12);2-3H,1H3. The number of thioether (sulfide) groups is 2. The topological polar surface area (TPSA) is 169 Å².